The highest BCUT2D eigenvalue weighted by Gasteiger charge is 2.25. The predicted octanol–water partition coefficient (Wildman–Crippen LogP) is 2.42. The average Bonchev–Trinajstić information content (AvgIpc) is 3.00. The predicted molar refractivity (Wildman–Crippen MR) is 83.3 cm³/mol. The van der Waals surface area contributed by atoms with Crippen LogP contribution in [0.4, 0.5) is 0 Å². The maximum atomic E-state index is 12.4. The first-order valence-corrected chi connectivity index (χ1v) is 7.85. The molecule has 1 atom stereocenters. The molecule has 108 valence electrons. The number of thiophene rings is 1. The van der Waals surface area contributed by atoms with E-state index in [4.69, 9.17) is 0 Å². The van der Waals surface area contributed by atoms with E-state index in [9.17, 15) is 9.59 Å². The van der Waals surface area contributed by atoms with Crippen molar-refractivity contribution in [2.24, 2.45) is 0 Å². The van der Waals surface area contributed by atoms with Crippen LogP contribution in [0.3, 0.4) is 0 Å². The van der Waals surface area contributed by atoms with Crippen LogP contribution in [-0.2, 0) is 4.79 Å². The summed E-state index contributed by atoms with van der Waals surface area (Å²) in [6.07, 6.45) is 1.59. The van der Waals surface area contributed by atoms with Gasteiger partial charge in [0.1, 0.15) is 6.04 Å². The van der Waals surface area contributed by atoms with Crippen molar-refractivity contribution in [1.29, 1.82) is 0 Å². The third kappa shape index (κ3) is 2.97. The summed E-state index contributed by atoms with van der Waals surface area (Å²) < 4.78 is 0. The van der Waals surface area contributed by atoms with Gasteiger partial charge in [0.25, 0.3) is 5.91 Å². The molecule has 2 amide bonds. The van der Waals surface area contributed by atoms with Gasteiger partial charge < -0.3 is 10.6 Å². The number of hydrogen-bond acceptors (Lipinski definition) is 3. The molecule has 1 unspecified atom stereocenters. The summed E-state index contributed by atoms with van der Waals surface area (Å²) in [6, 6.07) is 11.3. The van der Waals surface area contributed by atoms with E-state index in [0.29, 0.717) is 17.8 Å². The maximum Gasteiger partial charge on any atom is 0.262 e. The quantitative estimate of drug-likeness (QED) is 0.914. The van der Waals surface area contributed by atoms with Gasteiger partial charge in [-0.15, -0.1) is 11.3 Å². The summed E-state index contributed by atoms with van der Waals surface area (Å²) >= 11 is 1.40. The Morgan fingerprint density at radius 1 is 1.24 bits per heavy atom. The van der Waals surface area contributed by atoms with E-state index in [-0.39, 0.29) is 11.8 Å². The highest BCUT2D eigenvalue weighted by Crippen LogP contribution is 2.28. The smallest absolute Gasteiger partial charge is 0.262 e. The lowest BCUT2D eigenvalue weighted by molar-refractivity contribution is -0.124. The van der Waals surface area contributed by atoms with Gasteiger partial charge in [-0.2, -0.15) is 0 Å². The lowest BCUT2D eigenvalue weighted by Crippen LogP contribution is -2.50. The summed E-state index contributed by atoms with van der Waals surface area (Å²) in [6.45, 7) is 0.694. The van der Waals surface area contributed by atoms with Crippen molar-refractivity contribution in [3.8, 4) is 11.1 Å². The van der Waals surface area contributed by atoms with Gasteiger partial charge in [-0.3, -0.25) is 9.59 Å². The van der Waals surface area contributed by atoms with Gasteiger partial charge in [0, 0.05) is 12.1 Å². The van der Waals surface area contributed by atoms with Gasteiger partial charge in [-0.1, -0.05) is 30.3 Å². The first kappa shape index (κ1) is 13.8. The summed E-state index contributed by atoms with van der Waals surface area (Å²) in [5, 5.41) is 7.52. The number of rotatable bonds is 3. The molecular weight excluding hydrogens is 284 g/mol. The number of amides is 2. The molecule has 0 spiro atoms. The standard InChI is InChI=1S/C16H16N2O2S/c19-15-13(7-4-9-17-15)18-16(20)14-12(8-10-21-14)11-5-2-1-3-6-11/h1-3,5-6,8,10,13H,4,7,9H2,(H,17,19)(H,18,20). The molecule has 2 heterocycles. The zero-order chi connectivity index (χ0) is 14.7. The lowest BCUT2D eigenvalue weighted by atomic mass is 10.0. The third-order valence-electron chi connectivity index (χ3n) is 3.55. The van der Waals surface area contributed by atoms with Crippen molar-refractivity contribution in [3.05, 3.63) is 46.7 Å². The number of carbonyl (C=O) groups is 2. The molecule has 0 bridgehead atoms. The molecule has 1 aliphatic heterocycles. The molecule has 1 saturated heterocycles. The summed E-state index contributed by atoms with van der Waals surface area (Å²) in [5.41, 5.74) is 1.92. The van der Waals surface area contributed by atoms with E-state index in [1.807, 2.05) is 41.8 Å². The first-order valence-electron chi connectivity index (χ1n) is 6.97. The van der Waals surface area contributed by atoms with Gasteiger partial charge in [0.05, 0.1) is 4.88 Å². The molecule has 3 rings (SSSR count). The second kappa shape index (κ2) is 6.10. The van der Waals surface area contributed by atoms with Gasteiger partial charge in [-0.05, 0) is 29.9 Å². The largest absolute Gasteiger partial charge is 0.354 e. The van der Waals surface area contributed by atoms with Crippen LogP contribution < -0.4 is 10.6 Å². The van der Waals surface area contributed by atoms with Crippen molar-refractivity contribution in [2.45, 2.75) is 18.9 Å². The van der Waals surface area contributed by atoms with E-state index in [2.05, 4.69) is 10.6 Å². The van der Waals surface area contributed by atoms with Crippen molar-refractivity contribution in [2.75, 3.05) is 6.54 Å². The van der Waals surface area contributed by atoms with Gasteiger partial charge in [-0.25, -0.2) is 0 Å². The molecule has 1 aromatic heterocycles. The molecule has 0 saturated carbocycles. The fourth-order valence-corrected chi connectivity index (χ4v) is 3.28. The molecule has 1 aliphatic rings. The monoisotopic (exact) mass is 300 g/mol. The summed E-state index contributed by atoms with van der Waals surface area (Å²) in [5.74, 6) is -0.265. The Bertz CT molecular complexity index is 651. The number of piperidine rings is 1. The van der Waals surface area contributed by atoms with E-state index in [1.165, 1.54) is 11.3 Å². The Labute approximate surface area is 127 Å². The van der Waals surface area contributed by atoms with Crippen LogP contribution in [-0.4, -0.2) is 24.4 Å². The van der Waals surface area contributed by atoms with E-state index in [0.717, 1.165) is 17.5 Å². The molecule has 0 aliphatic carbocycles. The minimum Gasteiger partial charge on any atom is -0.354 e. The van der Waals surface area contributed by atoms with E-state index in [1.54, 1.807) is 0 Å². The first-order chi connectivity index (χ1) is 10.3. The fourth-order valence-electron chi connectivity index (χ4n) is 2.46. The Hall–Kier alpha value is -2.14. The Morgan fingerprint density at radius 2 is 2.05 bits per heavy atom. The minimum atomic E-state index is -0.419. The highest BCUT2D eigenvalue weighted by molar-refractivity contribution is 7.12. The number of nitrogens with one attached hydrogen (secondary N) is 2. The molecule has 1 fully saturated rings. The topological polar surface area (TPSA) is 58.2 Å². The second-order valence-electron chi connectivity index (χ2n) is 4.99. The van der Waals surface area contributed by atoms with Crippen LogP contribution >= 0.6 is 11.3 Å². The molecular formula is C16H16N2O2S. The van der Waals surface area contributed by atoms with Crippen LogP contribution in [0.2, 0.25) is 0 Å². The molecule has 2 N–H and O–H groups in total. The lowest BCUT2D eigenvalue weighted by Gasteiger charge is -2.22. The average molecular weight is 300 g/mol. The van der Waals surface area contributed by atoms with Gasteiger partial charge in [0.15, 0.2) is 0 Å². The van der Waals surface area contributed by atoms with Crippen LogP contribution in [0.15, 0.2) is 41.8 Å². The molecule has 2 aromatic rings. The van der Waals surface area contributed by atoms with Crippen molar-refractivity contribution in [3.63, 3.8) is 0 Å². The summed E-state index contributed by atoms with van der Waals surface area (Å²) in [4.78, 5) is 24.8. The second-order valence-corrected chi connectivity index (χ2v) is 5.90. The van der Waals surface area contributed by atoms with Gasteiger partial charge >= 0.3 is 0 Å². The van der Waals surface area contributed by atoms with Crippen LogP contribution in [0, 0.1) is 0 Å². The molecule has 1 aromatic carbocycles. The van der Waals surface area contributed by atoms with Crippen molar-refractivity contribution >= 4 is 23.2 Å². The van der Waals surface area contributed by atoms with Crippen molar-refractivity contribution in [1.82, 2.24) is 10.6 Å². The number of carbonyl (C=O) groups excluding carboxylic acids is 2. The molecule has 0 radical (unpaired) electrons. The Balaban J connectivity index is 1.80. The van der Waals surface area contributed by atoms with E-state index < -0.39 is 6.04 Å². The molecule has 21 heavy (non-hydrogen) atoms. The zero-order valence-corrected chi connectivity index (χ0v) is 12.3. The Kier molecular flexibility index (Phi) is 4.01. The molecule has 4 nitrogen and oxygen atoms in total. The normalized spacial score (nSPS) is 18.1. The SMILES string of the molecule is O=C(NC1CCCNC1=O)c1sccc1-c1ccccc1. The van der Waals surface area contributed by atoms with Gasteiger partial charge in [0.2, 0.25) is 5.91 Å². The Morgan fingerprint density at radius 3 is 2.81 bits per heavy atom. The number of benzene rings is 1. The third-order valence-corrected chi connectivity index (χ3v) is 4.46. The van der Waals surface area contributed by atoms with Crippen molar-refractivity contribution < 1.29 is 9.59 Å². The molecule has 5 heteroatoms. The van der Waals surface area contributed by atoms with Crippen LogP contribution in [0.25, 0.3) is 11.1 Å². The van der Waals surface area contributed by atoms with E-state index >= 15 is 0 Å². The summed E-state index contributed by atoms with van der Waals surface area (Å²) in [7, 11) is 0. The fraction of sp³-hybridized carbons (Fsp3) is 0.250. The van der Waals surface area contributed by atoms with Crippen LogP contribution in [0.5, 0.6) is 0 Å². The zero-order valence-electron chi connectivity index (χ0n) is 11.5. The number of hydrogen-bond donors (Lipinski definition) is 2. The van der Waals surface area contributed by atoms with Crippen LogP contribution in [0.1, 0.15) is 22.5 Å². The highest BCUT2D eigenvalue weighted by atomic mass is 32.1. The minimum absolute atomic E-state index is 0.0904. The maximum absolute atomic E-state index is 12.4.